The molecular formula is C12H20NO5P. The van der Waals surface area contributed by atoms with Crippen molar-refractivity contribution in [1.29, 1.82) is 0 Å². The van der Waals surface area contributed by atoms with E-state index in [9.17, 15) is 9.36 Å². The van der Waals surface area contributed by atoms with Crippen molar-refractivity contribution in [3.05, 3.63) is 16.7 Å². The Morgan fingerprint density at radius 1 is 1.37 bits per heavy atom. The fraction of sp³-hybridized carbons (Fsp3) is 0.667. The highest BCUT2D eigenvalue weighted by atomic mass is 31.2. The first-order valence-corrected chi connectivity index (χ1v) is 7.77. The molecule has 6 nitrogen and oxygen atoms in total. The average molecular weight is 289 g/mol. The van der Waals surface area contributed by atoms with Crippen LogP contribution in [0.2, 0.25) is 0 Å². The Morgan fingerprint density at radius 2 is 1.95 bits per heavy atom. The van der Waals surface area contributed by atoms with Crippen LogP contribution >= 0.6 is 7.60 Å². The number of carbonyl (C=O) groups excluding carboxylic acids is 1. The third-order valence-electron chi connectivity index (χ3n) is 2.24. The number of hydrogen-bond acceptors (Lipinski definition) is 5. The molecule has 0 saturated carbocycles. The highest BCUT2D eigenvalue weighted by Gasteiger charge is 2.39. The van der Waals surface area contributed by atoms with Gasteiger partial charge in [-0.25, -0.2) is 4.79 Å². The molecule has 19 heavy (non-hydrogen) atoms. The lowest BCUT2D eigenvalue weighted by Gasteiger charge is -2.23. The van der Waals surface area contributed by atoms with Gasteiger partial charge in [0.2, 0.25) is 0 Å². The molecule has 0 atom stereocenters. The van der Waals surface area contributed by atoms with Crippen molar-refractivity contribution in [1.82, 2.24) is 4.90 Å². The standard InChI is InChI=1S/C12H20NO5P/c1-5-17-19(15,18-6-2)11(9-10(3)4)13-7-8-16-12(13)14/h5-8H2,1-4H3. The van der Waals surface area contributed by atoms with Gasteiger partial charge in [0.1, 0.15) is 6.61 Å². The minimum atomic E-state index is -3.56. The number of rotatable bonds is 6. The van der Waals surface area contributed by atoms with Gasteiger partial charge in [0, 0.05) is 0 Å². The van der Waals surface area contributed by atoms with E-state index >= 15 is 0 Å². The molecule has 1 aliphatic rings. The molecule has 0 aromatic rings. The summed E-state index contributed by atoms with van der Waals surface area (Å²) in [6.45, 7) is 8.03. The number of carbonyl (C=O) groups is 1. The van der Waals surface area contributed by atoms with Crippen LogP contribution in [0.15, 0.2) is 16.7 Å². The Hall–Kier alpha value is -1.06. The van der Waals surface area contributed by atoms with Crippen LogP contribution in [0, 0.1) is 0 Å². The Morgan fingerprint density at radius 3 is 2.32 bits per heavy atom. The van der Waals surface area contributed by atoms with Crippen molar-refractivity contribution >= 4 is 13.7 Å². The first-order chi connectivity index (χ1) is 8.94. The van der Waals surface area contributed by atoms with E-state index in [1.165, 1.54) is 4.90 Å². The molecule has 7 heteroatoms. The smallest absolute Gasteiger partial charge is 0.415 e. The van der Waals surface area contributed by atoms with Gasteiger partial charge >= 0.3 is 13.7 Å². The zero-order valence-electron chi connectivity index (χ0n) is 11.8. The van der Waals surface area contributed by atoms with Crippen LogP contribution in [-0.2, 0) is 18.3 Å². The Labute approximate surface area is 113 Å². The predicted octanol–water partition coefficient (Wildman–Crippen LogP) is 3.11. The van der Waals surface area contributed by atoms with Crippen LogP contribution in [0.1, 0.15) is 27.7 Å². The molecule has 1 aliphatic heterocycles. The maximum atomic E-state index is 12.8. The van der Waals surface area contributed by atoms with E-state index in [1.807, 2.05) is 0 Å². The van der Waals surface area contributed by atoms with Crippen molar-refractivity contribution < 1.29 is 23.1 Å². The van der Waals surface area contributed by atoms with E-state index in [0.29, 0.717) is 6.54 Å². The van der Waals surface area contributed by atoms with Crippen molar-refractivity contribution in [2.45, 2.75) is 27.7 Å². The van der Waals surface area contributed by atoms with Gasteiger partial charge in [-0.1, -0.05) is 5.73 Å². The second kappa shape index (κ2) is 6.92. The lowest BCUT2D eigenvalue weighted by atomic mass is 10.4. The average Bonchev–Trinajstić information content (AvgIpc) is 2.72. The Balaban J connectivity index is 3.27. The molecule has 0 aromatic carbocycles. The normalized spacial score (nSPS) is 15.2. The van der Waals surface area contributed by atoms with Gasteiger partial charge in [-0.05, 0) is 33.3 Å². The molecule has 1 fully saturated rings. The molecule has 1 heterocycles. The number of allylic oxidation sites excluding steroid dienone is 1. The molecule has 0 aromatic heterocycles. The molecule has 0 radical (unpaired) electrons. The number of hydrogen-bond donors (Lipinski definition) is 0. The number of nitrogens with zero attached hydrogens (tertiary/aromatic N) is 1. The largest absolute Gasteiger partial charge is 0.447 e. The van der Waals surface area contributed by atoms with E-state index in [2.05, 4.69) is 5.73 Å². The lowest BCUT2D eigenvalue weighted by Crippen LogP contribution is -2.24. The molecule has 0 unspecified atom stereocenters. The number of ether oxygens (including phenoxy) is 1. The fourth-order valence-electron chi connectivity index (χ4n) is 1.59. The molecule has 1 saturated heterocycles. The molecule has 108 valence electrons. The quantitative estimate of drug-likeness (QED) is 0.555. The first-order valence-electron chi connectivity index (χ1n) is 6.22. The molecule has 0 bridgehead atoms. The van der Waals surface area contributed by atoms with Crippen molar-refractivity contribution in [3.8, 4) is 0 Å². The second-order valence-electron chi connectivity index (χ2n) is 4.05. The van der Waals surface area contributed by atoms with E-state index in [1.54, 1.807) is 27.7 Å². The number of cyclic esters (lactones) is 1. The van der Waals surface area contributed by atoms with E-state index in [4.69, 9.17) is 13.8 Å². The van der Waals surface area contributed by atoms with Gasteiger partial charge in [0.05, 0.1) is 19.8 Å². The summed E-state index contributed by atoms with van der Waals surface area (Å²) in [5.41, 5.74) is 3.80. The van der Waals surface area contributed by atoms with Crippen LogP contribution in [0.3, 0.4) is 0 Å². The summed E-state index contributed by atoms with van der Waals surface area (Å²) in [7, 11) is -3.56. The molecule has 0 spiro atoms. The summed E-state index contributed by atoms with van der Waals surface area (Å²) >= 11 is 0. The molecular weight excluding hydrogens is 269 g/mol. The lowest BCUT2D eigenvalue weighted by molar-refractivity contribution is 0.162. The van der Waals surface area contributed by atoms with Crippen LogP contribution in [0.5, 0.6) is 0 Å². The van der Waals surface area contributed by atoms with Crippen molar-refractivity contribution in [2.24, 2.45) is 0 Å². The van der Waals surface area contributed by atoms with Gasteiger partial charge in [-0.2, -0.15) is 0 Å². The maximum Gasteiger partial charge on any atom is 0.415 e. The van der Waals surface area contributed by atoms with Crippen LogP contribution in [-0.4, -0.2) is 37.4 Å². The van der Waals surface area contributed by atoms with Crippen molar-refractivity contribution in [3.63, 3.8) is 0 Å². The predicted molar refractivity (Wildman–Crippen MR) is 70.8 cm³/mol. The zero-order chi connectivity index (χ0) is 14.5. The highest BCUT2D eigenvalue weighted by molar-refractivity contribution is 7.58. The van der Waals surface area contributed by atoms with Gasteiger partial charge in [-0.3, -0.25) is 9.46 Å². The van der Waals surface area contributed by atoms with Gasteiger partial charge in [-0.15, -0.1) is 0 Å². The first kappa shape index (κ1) is 16.0. The van der Waals surface area contributed by atoms with E-state index in [0.717, 1.165) is 5.57 Å². The molecule has 1 amide bonds. The SMILES string of the molecule is CCOP(=O)(OCC)C(=C=C(C)C)N1CCOC1=O. The molecule has 0 N–H and O–H groups in total. The maximum absolute atomic E-state index is 12.8. The monoisotopic (exact) mass is 289 g/mol. The topological polar surface area (TPSA) is 65.1 Å². The third-order valence-corrected chi connectivity index (χ3v) is 4.30. The van der Waals surface area contributed by atoms with Crippen LogP contribution < -0.4 is 0 Å². The third kappa shape index (κ3) is 3.95. The van der Waals surface area contributed by atoms with Crippen LogP contribution in [0.25, 0.3) is 0 Å². The van der Waals surface area contributed by atoms with E-state index in [-0.39, 0.29) is 25.3 Å². The Kier molecular flexibility index (Phi) is 5.83. The minimum absolute atomic E-state index is 0.124. The fourth-order valence-corrected chi connectivity index (χ4v) is 3.43. The summed E-state index contributed by atoms with van der Waals surface area (Å²) in [5.74, 6) is 0. The van der Waals surface area contributed by atoms with Crippen molar-refractivity contribution in [2.75, 3.05) is 26.4 Å². The summed E-state index contributed by atoms with van der Waals surface area (Å²) < 4.78 is 28.2. The highest BCUT2D eigenvalue weighted by Crippen LogP contribution is 2.57. The molecule has 1 rings (SSSR count). The second-order valence-corrected chi connectivity index (χ2v) is 5.98. The summed E-state index contributed by atoms with van der Waals surface area (Å²) in [4.78, 5) is 12.9. The summed E-state index contributed by atoms with van der Waals surface area (Å²) in [6.07, 6.45) is -0.552. The molecule has 0 aliphatic carbocycles. The van der Waals surface area contributed by atoms with Gasteiger partial charge < -0.3 is 13.8 Å². The zero-order valence-corrected chi connectivity index (χ0v) is 12.7. The summed E-state index contributed by atoms with van der Waals surface area (Å²) in [5, 5.41) is 0. The van der Waals surface area contributed by atoms with E-state index < -0.39 is 13.7 Å². The minimum Gasteiger partial charge on any atom is -0.447 e. The number of amides is 1. The Bertz CT molecular complexity index is 439. The van der Waals surface area contributed by atoms with Gasteiger partial charge in [0.15, 0.2) is 5.44 Å². The van der Waals surface area contributed by atoms with Gasteiger partial charge in [0.25, 0.3) is 0 Å². The van der Waals surface area contributed by atoms with Crippen LogP contribution in [0.4, 0.5) is 4.79 Å². The summed E-state index contributed by atoms with van der Waals surface area (Å²) in [6, 6.07) is 0.